The molecule has 1 unspecified atom stereocenters. The smallest absolute Gasteiger partial charge is 0.405 e. The molecule has 0 aliphatic rings. The first-order chi connectivity index (χ1) is 9.63. The third-order valence-corrected chi connectivity index (χ3v) is 2.79. The SMILES string of the molecule is CCCCC(OC(N)=O)C(=O)COCc1ccccc1. The molecule has 5 heteroatoms. The van der Waals surface area contributed by atoms with Gasteiger partial charge in [0.05, 0.1) is 6.61 Å². The highest BCUT2D eigenvalue weighted by atomic mass is 16.6. The fourth-order valence-electron chi connectivity index (χ4n) is 1.75. The molecule has 0 aromatic heterocycles. The standard InChI is InChI=1S/C15H21NO4/c1-2-3-9-14(20-15(16)18)13(17)11-19-10-12-7-5-4-6-8-12/h4-8,14H,2-3,9-11H2,1H3,(H2,16,18). The number of primary amides is 1. The molecule has 0 fully saturated rings. The van der Waals surface area contributed by atoms with Gasteiger partial charge in [0.2, 0.25) is 0 Å². The summed E-state index contributed by atoms with van der Waals surface area (Å²) < 4.78 is 10.2. The van der Waals surface area contributed by atoms with Gasteiger partial charge < -0.3 is 15.2 Å². The third-order valence-electron chi connectivity index (χ3n) is 2.79. The largest absolute Gasteiger partial charge is 0.438 e. The first-order valence-electron chi connectivity index (χ1n) is 6.74. The normalized spacial score (nSPS) is 11.8. The van der Waals surface area contributed by atoms with Gasteiger partial charge in [0.1, 0.15) is 6.61 Å². The molecule has 0 heterocycles. The summed E-state index contributed by atoms with van der Waals surface area (Å²) in [6.07, 6.45) is 0.456. The number of hydrogen-bond donors (Lipinski definition) is 1. The van der Waals surface area contributed by atoms with Gasteiger partial charge in [-0.3, -0.25) is 4.79 Å². The van der Waals surface area contributed by atoms with Crippen LogP contribution in [0.4, 0.5) is 4.79 Å². The number of amides is 1. The Bertz CT molecular complexity index is 419. The Morgan fingerprint density at radius 3 is 2.55 bits per heavy atom. The number of nitrogens with two attached hydrogens (primary N) is 1. The van der Waals surface area contributed by atoms with Crippen molar-refractivity contribution in [3.63, 3.8) is 0 Å². The van der Waals surface area contributed by atoms with Crippen LogP contribution in [0.5, 0.6) is 0 Å². The zero-order valence-electron chi connectivity index (χ0n) is 11.7. The van der Waals surface area contributed by atoms with E-state index in [2.05, 4.69) is 0 Å². The fraction of sp³-hybridized carbons (Fsp3) is 0.467. The van der Waals surface area contributed by atoms with Crippen molar-refractivity contribution in [1.82, 2.24) is 0 Å². The van der Waals surface area contributed by atoms with Crippen LogP contribution < -0.4 is 5.73 Å². The van der Waals surface area contributed by atoms with Gasteiger partial charge in [-0.15, -0.1) is 0 Å². The molecule has 5 nitrogen and oxygen atoms in total. The molecular formula is C15H21NO4. The van der Waals surface area contributed by atoms with Crippen molar-refractivity contribution < 1.29 is 19.1 Å². The van der Waals surface area contributed by atoms with Crippen LogP contribution in [0.2, 0.25) is 0 Å². The highest BCUT2D eigenvalue weighted by Crippen LogP contribution is 2.08. The topological polar surface area (TPSA) is 78.6 Å². The van der Waals surface area contributed by atoms with Gasteiger partial charge in [-0.2, -0.15) is 0 Å². The minimum absolute atomic E-state index is 0.0868. The average molecular weight is 279 g/mol. The molecule has 1 rings (SSSR count). The Balaban J connectivity index is 2.38. The van der Waals surface area contributed by atoms with Crippen molar-refractivity contribution in [2.24, 2.45) is 5.73 Å². The minimum Gasteiger partial charge on any atom is -0.438 e. The molecule has 0 spiro atoms. The quantitative estimate of drug-likeness (QED) is 0.753. The van der Waals surface area contributed by atoms with Crippen molar-refractivity contribution in [1.29, 1.82) is 0 Å². The summed E-state index contributed by atoms with van der Waals surface area (Å²) >= 11 is 0. The number of hydrogen-bond acceptors (Lipinski definition) is 4. The van der Waals surface area contributed by atoms with Crippen molar-refractivity contribution in [3.05, 3.63) is 35.9 Å². The number of ketones is 1. The lowest BCUT2D eigenvalue weighted by molar-refractivity contribution is -0.132. The second-order valence-electron chi connectivity index (χ2n) is 4.51. The Morgan fingerprint density at radius 1 is 1.25 bits per heavy atom. The van der Waals surface area contributed by atoms with Gasteiger partial charge >= 0.3 is 6.09 Å². The van der Waals surface area contributed by atoms with E-state index in [0.717, 1.165) is 18.4 Å². The van der Waals surface area contributed by atoms with Crippen LogP contribution in [0.25, 0.3) is 0 Å². The predicted molar refractivity (Wildman–Crippen MR) is 75.1 cm³/mol. The zero-order chi connectivity index (χ0) is 14.8. The van der Waals surface area contributed by atoms with E-state index in [0.29, 0.717) is 13.0 Å². The van der Waals surface area contributed by atoms with Gasteiger partial charge in [0.15, 0.2) is 11.9 Å². The summed E-state index contributed by atoms with van der Waals surface area (Å²) in [4.78, 5) is 22.7. The Labute approximate surface area is 119 Å². The summed E-state index contributed by atoms with van der Waals surface area (Å²) in [7, 11) is 0. The lowest BCUT2D eigenvalue weighted by Gasteiger charge is -2.15. The highest BCUT2D eigenvalue weighted by molar-refractivity contribution is 5.86. The molecule has 0 bridgehead atoms. The number of rotatable bonds is 9. The van der Waals surface area contributed by atoms with Crippen LogP contribution in [-0.2, 0) is 20.9 Å². The second-order valence-corrected chi connectivity index (χ2v) is 4.51. The maximum Gasteiger partial charge on any atom is 0.405 e. The van der Waals surface area contributed by atoms with E-state index in [9.17, 15) is 9.59 Å². The van der Waals surface area contributed by atoms with Crippen molar-refractivity contribution >= 4 is 11.9 Å². The Morgan fingerprint density at radius 2 is 1.95 bits per heavy atom. The monoisotopic (exact) mass is 279 g/mol. The van der Waals surface area contributed by atoms with Crippen molar-refractivity contribution in [2.75, 3.05) is 6.61 Å². The molecule has 0 aliphatic heterocycles. The van der Waals surface area contributed by atoms with E-state index in [1.54, 1.807) is 0 Å². The number of Topliss-reactive ketones (excluding diaryl/α,β-unsaturated/α-hetero) is 1. The van der Waals surface area contributed by atoms with Crippen LogP contribution >= 0.6 is 0 Å². The summed E-state index contributed by atoms with van der Waals surface area (Å²) in [5.74, 6) is -0.256. The van der Waals surface area contributed by atoms with Gasteiger partial charge in [0, 0.05) is 0 Å². The molecule has 1 aromatic carbocycles. The maximum atomic E-state index is 11.9. The first kappa shape index (κ1) is 16.2. The Kier molecular flexibility index (Phi) is 7.35. The van der Waals surface area contributed by atoms with Gasteiger partial charge in [-0.05, 0) is 18.4 Å². The Hall–Kier alpha value is -1.88. The number of carbonyl (C=O) groups excluding carboxylic acids is 2. The number of ether oxygens (including phenoxy) is 2. The summed E-state index contributed by atoms with van der Waals surface area (Å²) in [6, 6.07) is 9.55. The fourth-order valence-corrected chi connectivity index (χ4v) is 1.75. The predicted octanol–water partition coefficient (Wildman–Crippen LogP) is 2.43. The minimum atomic E-state index is -0.928. The summed E-state index contributed by atoms with van der Waals surface area (Å²) in [5, 5.41) is 0. The highest BCUT2D eigenvalue weighted by Gasteiger charge is 2.21. The average Bonchev–Trinajstić information content (AvgIpc) is 2.44. The van der Waals surface area contributed by atoms with Gasteiger partial charge in [-0.1, -0.05) is 43.7 Å². The van der Waals surface area contributed by atoms with E-state index in [-0.39, 0.29) is 12.4 Å². The molecule has 110 valence electrons. The lowest BCUT2D eigenvalue weighted by Crippen LogP contribution is -2.32. The van der Waals surface area contributed by atoms with Gasteiger partial charge in [-0.25, -0.2) is 4.79 Å². The molecule has 1 aromatic rings. The molecular weight excluding hydrogens is 258 g/mol. The lowest BCUT2D eigenvalue weighted by atomic mass is 10.1. The number of unbranched alkanes of at least 4 members (excludes halogenated alkanes) is 1. The van der Waals surface area contributed by atoms with Crippen LogP contribution in [0.1, 0.15) is 31.7 Å². The second kappa shape index (κ2) is 9.09. The first-order valence-corrected chi connectivity index (χ1v) is 6.74. The van der Waals surface area contributed by atoms with Crippen LogP contribution in [0.15, 0.2) is 30.3 Å². The maximum absolute atomic E-state index is 11.9. The molecule has 1 amide bonds. The van der Waals surface area contributed by atoms with E-state index >= 15 is 0 Å². The third kappa shape index (κ3) is 6.33. The molecule has 0 radical (unpaired) electrons. The summed E-state index contributed by atoms with van der Waals surface area (Å²) in [6.45, 7) is 2.26. The molecule has 20 heavy (non-hydrogen) atoms. The van der Waals surface area contributed by atoms with E-state index in [1.165, 1.54) is 0 Å². The molecule has 0 aliphatic carbocycles. The van der Waals surface area contributed by atoms with Crippen molar-refractivity contribution in [2.45, 2.75) is 38.9 Å². The molecule has 1 atom stereocenters. The zero-order valence-corrected chi connectivity index (χ0v) is 11.7. The number of carbonyl (C=O) groups is 2. The van der Waals surface area contributed by atoms with Crippen molar-refractivity contribution in [3.8, 4) is 0 Å². The summed E-state index contributed by atoms with van der Waals surface area (Å²) in [5.41, 5.74) is 5.96. The van der Waals surface area contributed by atoms with E-state index in [4.69, 9.17) is 15.2 Å². The van der Waals surface area contributed by atoms with Crippen LogP contribution in [0.3, 0.4) is 0 Å². The number of benzene rings is 1. The van der Waals surface area contributed by atoms with Crippen LogP contribution in [0, 0.1) is 0 Å². The molecule has 2 N–H and O–H groups in total. The van der Waals surface area contributed by atoms with Gasteiger partial charge in [0.25, 0.3) is 0 Å². The molecule has 0 saturated heterocycles. The van der Waals surface area contributed by atoms with E-state index in [1.807, 2.05) is 37.3 Å². The van der Waals surface area contributed by atoms with E-state index < -0.39 is 12.2 Å². The van der Waals surface area contributed by atoms with Crippen LogP contribution in [-0.4, -0.2) is 24.6 Å². The molecule has 0 saturated carbocycles.